The summed E-state index contributed by atoms with van der Waals surface area (Å²) >= 11 is 0.999. The van der Waals surface area contributed by atoms with Crippen LogP contribution in [0.5, 0.6) is 0 Å². The van der Waals surface area contributed by atoms with Gasteiger partial charge >= 0.3 is 12.2 Å². The van der Waals surface area contributed by atoms with Crippen LogP contribution in [0.15, 0.2) is 64.8 Å². The number of carbonyl (C=O) groups is 1. The fourth-order valence-corrected chi connectivity index (χ4v) is 4.89. The number of thioether (sulfide) groups is 1. The average Bonchev–Trinajstić information content (AvgIpc) is 2.76. The predicted molar refractivity (Wildman–Crippen MR) is 121 cm³/mol. The summed E-state index contributed by atoms with van der Waals surface area (Å²) in [6, 6.07) is 10.6. The maximum Gasteiger partial charge on any atom is 0.416 e. The second-order valence-corrected chi connectivity index (χ2v) is 8.51. The number of urea groups is 1. The van der Waals surface area contributed by atoms with Crippen LogP contribution in [-0.2, 0) is 11.9 Å². The van der Waals surface area contributed by atoms with E-state index >= 15 is 0 Å². The Morgan fingerprint density at radius 3 is 2.53 bits per heavy atom. The van der Waals surface area contributed by atoms with Crippen LogP contribution < -0.4 is 5.73 Å². The molecule has 0 aliphatic carbocycles. The quantitative estimate of drug-likeness (QED) is 0.411. The number of alkyl halides is 3. The Kier molecular flexibility index (Phi) is 7.02. The van der Waals surface area contributed by atoms with Crippen LogP contribution in [0.25, 0.3) is 0 Å². The van der Waals surface area contributed by atoms with Crippen LogP contribution in [0.3, 0.4) is 0 Å². The van der Waals surface area contributed by atoms with Crippen molar-refractivity contribution in [2.24, 2.45) is 5.73 Å². The molecule has 0 radical (unpaired) electrons. The van der Waals surface area contributed by atoms with Gasteiger partial charge in [-0.15, -0.1) is 11.8 Å². The van der Waals surface area contributed by atoms with Gasteiger partial charge in [-0.2, -0.15) is 18.4 Å². The number of nitro groups is 1. The molecule has 1 atom stereocenters. The van der Waals surface area contributed by atoms with E-state index in [1.807, 2.05) is 6.07 Å². The Labute approximate surface area is 197 Å². The molecule has 7 nitrogen and oxygen atoms in total. The molecule has 3 rings (SSSR count). The third-order valence-corrected chi connectivity index (χ3v) is 6.45. The molecule has 2 N–H and O–H groups in total. The molecule has 0 bridgehead atoms. The first kappa shape index (κ1) is 24.9. The van der Waals surface area contributed by atoms with E-state index in [-0.39, 0.29) is 33.3 Å². The highest BCUT2D eigenvalue weighted by atomic mass is 32.2. The van der Waals surface area contributed by atoms with E-state index in [0.29, 0.717) is 11.1 Å². The molecular weight excluding hydrogens is 469 g/mol. The molecule has 2 aromatic rings. The maximum absolute atomic E-state index is 13.7. The summed E-state index contributed by atoms with van der Waals surface area (Å²) < 4.78 is 41.0. The Morgan fingerprint density at radius 2 is 1.94 bits per heavy atom. The van der Waals surface area contributed by atoms with E-state index in [0.717, 1.165) is 22.7 Å². The highest BCUT2D eigenvalue weighted by Crippen LogP contribution is 2.45. The van der Waals surface area contributed by atoms with Crippen molar-refractivity contribution in [3.05, 3.63) is 97.2 Å². The lowest BCUT2D eigenvalue weighted by Gasteiger charge is -2.32. The SMILES string of the molecule is CC1=CC(c2ccccc2C(F)(F)F)C(C#N)=C(SCc2ccc(C)c([N+](=O)[O-])c2)N1C(N)=O. The molecule has 11 heteroatoms. The first-order valence-corrected chi connectivity index (χ1v) is 10.9. The molecule has 2 aromatic carbocycles. The van der Waals surface area contributed by atoms with Crippen LogP contribution in [0.4, 0.5) is 23.7 Å². The molecule has 1 aliphatic rings. The summed E-state index contributed by atoms with van der Waals surface area (Å²) in [4.78, 5) is 24.0. The lowest BCUT2D eigenvalue weighted by atomic mass is 9.86. The van der Waals surface area contributed by atoms with Gasteiger partial charge in [0, 0.05) is 29.0 Å². The summed E-state index contributed by atoms with van der Waals surface area (Å²) in [5.41, 5.74) is 5.62. The van der Waals surface area contributed by atoms with Gasteiger partial charge in [0.2, 0.25) is 0 Å². The zero-order valence-electron chi connectivity index (χ0n) is 18.1. The van der Waals surface area contributed by atoms with Crippen LogP contribution in [0, 0.1) is 28.4 Å². The Hall–Kier alpha value is -3.78. The number of benzene rings is 2. The van der Waals surface area contributed by atoms with Crippen molar-refractivity contribution in [2.75, 3.05) is 0 Å². The molecular formula is C23H19F3N4O3S. The molecule has 0 saturated heterocycles. The molecule has 0 fully saturated rings. The van der Waals surface area contributed by atoms with Crippen LogP contribution >= 0.6 is 11.8 Å². The van der Waals surface area contributed by atoms with Crippen molar-refractivity contribution in [1.82, 2.24) is 4.90 Å². The lowest BCUT2D eigenvalue weighted by Crippen LogP contribution is -2.36. The zero-order chi connectivity index (χ0) is 25.2. The summed E-state index contributed by atoms with van der Waals surface area (Å²) in [5.74, 6) is -0.944. The molecule has 1 heterocycles. The molecule has 0 aromatic heterocycles. The fourth-order valence-electron chi connectivity index (χ4n) is 3.71. The number of nitro benzene ring substituents is 1. The van der Waals surface area contributed by atoms with Crippen molar-refractivity contribution >= 4 is 23.5 Å². The summed E-state index contributed by atoms with van der Waals surface area (Å²) in [5, 5.41) is 21.3. The number of nitriles is 1. The molecule has 0 spiro atoms. The van der Waals surface area contributed by atoms with E-state index in [1.165, 1.54) is 37.3 Å². The summed E-state index contributed by atoms with van der Waals surface area (Å²) in [6.45, 7) is 3.11. The number of primary amides is 1. The number of rotatable bonds is 5. The van der Waals surface area contributed by atoms with Crippen LogP contribution in [0.2, 0.25) is 0 Å². The van der Waals surface area contributed by atoms with Gasteiger partial charge in [0.15, 0.2) is 0 Å². The molecule has 0 saturated carbocycles. The van der Waals surface area contributed by atoms with E-state index in [9.17, 15) is 33.3 Å². The summed E-state index contributed by atoms with van der Waals surface area (Å²) in [6.07, 6.45) is -3.25. The van der Waals surface area contributed by atoms with Crippen molar-refractivity contribution < 1.29 is 22.9 Å². The van der Waals surface area contributed by atoms with E-state index in [1.54, 1.807) is 19.1 Å². The molecule has 34 heavy (non-hydrogen) atoms. The zero-order valence-corrected chi connectivity index (χ0v) is 18.9. The first-order chi connectivity index (χ1) is 16.0. The Bertz CT molecular complexity index is 1260. The second-order valence-electron chi connectivity index (χ2n) is 7.54. The Morgan fingerprint density at radius 1 is 1.26 bits per heavy atom. The average molecular weight is 488 g/mol. The number of allylic oxidation sites excluding steroid dienone is 3. The van der Waals surface area contributed by atoms with Crippen molar-refractivity contribution in [3.63, 3.8) is 0 Å². The number of nitrogens with zero attached hydrogens (tertiary/aromatic N) is 3. The lowest BCUT2D eigenvalue weighted by molar-refractivity contribution is -0.385. The molecule has 1 unspecified atom stereocenters. The van der Waals surface area contributed by atoms with Gasteiger partial charge in [0.1, 0.15) is 0 Å². The van der Waals surface area contributed by atoms with Gasteiger partial charge in [0.25, 0.3) is 5.69 Å². The van der Waals surface area contributed by atoms with E-state index in [4.69, 9.17) is 5.73 Å². The molecule has 2 amide bonds. The summed E-state index contributed by atoms with van der Waals surface area (Å²) in [7, 11) is 0. The van der Waals surface area contributed by atoms with E-state index < -0.39 is 28.6 Å². The van der Waals surface area contributed by atoms with Crippen LogP contribution in [0.1, 0.15) is 35.1 Å². The fraction of sp³-hybridized carbons (Fsp3) is 0.217. The monoisotopic (exact) mass is 488 g/mol. The highest BCUT2D eigenvalue weighted by Gasteiger charge is 2.38. The predicted octanol–water partition coefficient (Wildman–Crippen LogP) is 5.97. The molecule has 1 aliphatic heterocycles. The minimum atomic E-state index is -4.64. The minimum Gasteiger partial charge on any atom is -0.351 e. The number of halogens is 3. The maximum atomic E-state index is 13.7. The van der Waals surface area contributed by atoms with Gasteiger partial charge in [-0.25, -0.2) is 4.79 Å². The largest absolute Gasteiger partial charge is 0.416 e. The topological polar surface area (TPSA) is 113 Å². The highest BCUT2D eigenvalue weighted by molar-refractivity contribution is 8.02. The second kappa shape index (κ2) is 9.61. The number of nitrogens with two attached hydrogens (primary N) is 1. The number of hydrogen-bond donors (Lipinski definition) is 1. The smallest absolute Gasteiger partial charge is 0.351 e. The van der Waals surface area contributed by atoms with Crippen molar-refractivity contribution in [3.8, 4) is 6.07 Å². The number of carbonyl (C=O) groups excluding carboxylic acids is 1. The van der Waals surface area contributed by atoms with Crippen LogP contribution in [-0.4, -0.2) is 15.9 Å². The van der Waals surface area contributed by atoms with Gasteiger partial charge < -0.3 is 5.73 Å². The minimum absolute atomic E-state index is 0.0762. The standard InChI is InChI=1S/C23H19F3N4O3S/c1-13-7-8-15(10-20(13)30(32)33)12-34-21-18(11-27)17(9-14(2)29(21)22(28)31)16-5-3-4-6-19(16)23(24,25)26/h3-10,17H,12H2,1-2H3,(H2,28,31). The first-order valence-electron chi connectivity index (χ1n) is 9.90. The van der Waals surface area contributed by atoms with Gasteiger partial charge in [-0.1, -0.05) is 36.4 Å². The normalized spacial score (nSPS) is 16.2. The van der Waals surface area contributed by atoms with Gasteiger partial charge in [-0.05, 0) is 31.0 Å². The Balaban J connectivity index is 2.10. The third kappa shape index (κ3) is 4.92. The van der Waals surface area contributed by atoms with Gasteiger partial charge in [-0.3, -0.25) is 15.0 Å². The van der Waals surface area contributed by atoms with Gasteiger partial charge in [0.05, 0.1) is 27.2 Å². The molecule has 176 valence electrons. The number of hydrogen-bond acceptors (Lipinski definition) is 5. The number of aryl methyl sites for hydroxylation is 1. The van der Waals surface area contributed by atoms with Crippen molar-refractivity contribution in [2.45, 2.75) is 31.7 Å². The number of amides is 2. The van der Waals surface area contributed by atoms with E-state index in [2.05, 4.69) is 0 Å². The van der Waals surface area contributed by atoms with Crippen molar-refractivity contribution in [1.29, 1.82) is 5.26 Å². The third-order valence-electron chi connectivity index (χ3n) is 5.29.